The fourth-order valence-electron chi connectivity index (χ4n) is 1.57. The summed E-state index contributed by atoms with van der Waals surface area (Å²) in [4.78, 5) is 23.0. The van der Waals surface area contributed by atoms with E-state index in [1.807, 2.05) is 0 Å². The lowest BCUT2D eigenvalue weighted by Gasteiger charge is -2.07. The second-order valence-electron chi connectivity index (χ2n) is 3.80. The van der Waals surface area contributed by atoms with E-state index in [-0.39, 0.29) is 14.7 Å². The number of carbonyl (C=O) groups excluding carboxylic acids is 2. The Kier molecular flexibility index (Phi) is 6.27. The van der Waals surface area contributed by atoms with Crippen molar-refractivity contribution in [2.75, 3.05) is 5.88 Å². The molecule has 0 aliphatic heterocycles. The summed E-state index contributed by atoms with van der Waals surface area (Å²) in [5.41, 5.74) is 7.18. The van der Waals surface area contributed by atoms with Gasteiger partial charge in [-0.05, 0) is 13.3 Å². The van der Waals surface area contributed by atoms with Crippen molar-refractivity contribution in [3.63, 3.8) is 0 Å². The molecule has 6 heteroatoms. The number of allylic oxidation sites excluding steroid dienone is 5. The second-order valence-corrected chi connectivity index (χ2v) is 4.61. The maximum atomic E-state index is 11.6. The Morgan fingerprint density at radius 1 is 1.50 bits per heavy atom. The van der Waals surface area contributed by atoms with Crippen LogP contribution in [0, 0.1) is 0 Å². The van der Waals surface area contributed by atoms with E-state index >= 15 is 0 Å². The molecule has 0 fully saturated rings. The number of rotatable bonds is 5. The van der Waals surface area contributed by atoms with Gasteiger partial charge in [0.2, 0.25) is 0 Å². The quantitative estimate of drug-likeness (QED) is 0.623. The minimum absolute atomic E-state index is 0.0476. The summed E-state index contributed by atoms with van der Waals surface area (Å²) in [7, 11) is -0.381. The highest BCUT2D eigenvalue weighted by molar-refractivity contribution is 7.29. The number of nitrogens with two attached hydrogens (primary N) is 1. The number of hydrogen-bond donors (Lipinski definition) is 1. The molecule has 1 atom stereocenters. The highest BCUT2D eigenvalue weighted by Gasteiger charge is 2.16. The molecule has 0 aromatic heterocycles. The SMILES string of the molecule is CC(=O)C1=CC=C(C(=O)OPN)CC(CCCl)=C1. The molecule has 0 heterocycles. The Hall–Kier alpha value is -0.960. The lowest BCUT2D eigenvalue weighted by atomic mass is 10.0. The van der Waals surface area contributed by atoms with Crippen LogP contribution in [0.5, 0.6) is 0 Å². The molecule has 1 unspecified atom stereocenters. The van der Waals surface area contributed by atoms with Gasteiger partial charge in [-0.3, -0.25) is 10.3 Å². The van der Waals surface area contributed by atoms with Crippen LogP contribution >= 0.6 is 20.6 Å². The van der Waals surface area contributed by atoms with Gasteiger partial charge in [-0.15, -0.1) is 11.6 Å². The van der Waals surface area contributed by atoms with E-state index in [0.29, 0.717) is 29.9 Å². The van der Waals surface area contributed by atoms with Crippen LogP contribution in [0.15, 0.2) is 34.9 Å². The summed E-state index contributed by atoms with van der Waals surface area (Å²) in [5.74, 6) is -0.0520. The summed E-state index contributed by atoms with van der Waals surface area (Å²) in [6.07, 6.45) is 6.08. The summed E-state index contributed by atoms with van der Waals surface area (Å²) in [6.45, 7) is 1.49. The Labute approximate surface area is 113 Å². The van der Waals surface area contributed by atoms with Gasteiger partial charge in [-0.1, -0.05) is 23.8 Å². The normalized spacial score (nSPS) is 15.8. The van der Waals surface area contributed by atoms with Crippen molar-refractivity contribution in [3.05, 3.63) is 34.9 Å². The molecular weight excluding hydrogens is 273 g/mol. The first-order chi connectivity index (χ1) is 8.58. The predicted molar refractivity (Wildman–Crippen MR) is 73.5 cm³/mol. The molecule has 0 amide bonds. The van der Waals surface area contributed by atoms with Gasteiger partial charge in [-0.25, -0.2) is 4.79 Å². The average Bonchev–Trinajstić information content (AvgIpc) is 2.52. The van der Waals surface area contributed by atoms with Crippen LogP contribution in [-0.4, -0.2) is 17.6 Å². The van der Waals surface area contributed by atoms with Crippen molar-refractivity contribution >= 4 is 32.3 Å². The van der Waals surface area contributed by atoms with Gasteiger partial charge < -0.3 is 4.52 Å². The van der Waals surface area contributed by atoms with Gasteiger partial charge in [0.25, 0.3) is 0 Å². The first-order valence-corrected chi connectivity index (χ1v) is 6.94. The molecule has 0 spiro atoms. The van der Waals surface area contributed by atoms with Crippen LogP contribution in [0.3, 0.4) is 0 Å². The predicted octanol–water partition coefficient (Wildman–Crippen LogP) is 2.40. The minimum atomic E-state index is -0.447. The van der Waals surface area contributed by atoms with E-state index in [9.17, 15) is 9.59 Å². The third kappa shape index (κ3) is 4.37. The first kappa shape index (κ1) is 15.1. The zero-order valence-electron chi connectivity index (χ0n) is 10.0. The molecule has 98 valence electrons. The Balaban J connectivity index is 3.00. The summed E-state index contributed by atoms with van der Waals surface area (Å²) >= 11 is 5.70. The van der Waals surface area contributed by atoms with E-state index in [1.165, 1.54) is 6.92 Å². The lowest BCUT2D eigenvalue weighted by Crippen LogP contribution is -2.05. The van der Waals surface area contributed by atoms with Gasteiger partial charge in [0.05, 0.1) is 0 Å². The molecule has 0 saturated carbocycles. The molecule has 1 rings (SSSR count). The fraction of sp³-hybridized carbons (Fsp3) is 0.333. The molecule has 0 aromatic rings. The number of carbonyl (C=O) groups is 2. The van der Waals surface area contributed by atoms with Gasteiger partial charge in [-0.2, -0.15) is 0 Å². The molecule has 18 heavy (non-hydrogen) atoms. The van der Waals surface area contributed by atoms with Crippen LogP contribution in [0.2, 0.25) is 0 Å². The Morgan fingerprint density at radius 2 is 2.22 bits per heavy atom. The average molecular weight is 288 g/mol. The van der Waals surface area contributed by atoms with Gasteiger partial charge in [0.1, 0.15) is 8.96 Å². The monoisotopic (exact) mass is 287 g/mol. The molecule has 0 radical (unpaired) electrons. The van der Waals surface area contributed by atoms with E-state index < -0.39 is 5.97 Å². The summed E-state index contributed by atoms with van der Waals surface area (Å²) in [5, 5.41) is 0. The molecule has 0 aromatic carbocycles. The first-order valence-electron chi connectivity index (χ1n) is 5.42. The van der Waals surface area contributed by atoms with Crippen LogP contribution < -0.4 is 5.50 Å². The number of ketones is 1. The van der Waals surface area contributed by atoms with E-state index in [2.05, 4.69) is 0 Å². The molecule has 4 nitrogen and oxygen atoms in total. The molecule has 0 saturated heterocycles. The van der Waals surface area contributed by atoms with Crippen molar-refractivity contribution in [1.82, 2.24) is 0 Å². The third-order valence-corrected chi connectivity index (χ3v) is 2.97. The van der Waals surface area contributed by atoms with E-state index in [4.69, 9.17) is 21.6 Å². The maximum absolute atomic E-state index is 11.6. The van der Waals surface area contributed by atoms with Crippen LogP contribution in [0.25, 0.3) is 0 Å². The van der Waals surface area contributed by atoms with Crippen molar-refractivity contribution in [2.24, 2.45) is 5.50 Å². The van der Waals surface area contributed by atoms with Crippen molar-refractivity contribution in [2.45, 2.75) is 19.8 Å². The Morgan fingerprint density at radius 3 is 2.78 bits per heavy atom. The molecule has 0 bridgehead atoms. The highest BCUT2D eigenvalue weighted by atomic mass is 35.5. The summed E-state index contributed by atoms with van der Waals surface area (Å²) < 4.78 is 4.78. The van der Waals surface area contributed by atoms with E-state index in [0.717, 1.165) is 5.57 Å². The number of halogens is 1. The van der Waals surface area contributed by atoms with Gasteiger partial charge in [0, 0.05) is 23.4 Å². The van der Waals surface area contributed by atoms with Crippen LogP contribution in [0.1, 0.15) is 19.8 Å². The smallest absolute Gasteiger partial charge is 0.338 e. The number of Topliss-reactive ketones (excluding diaryl/α,β-unsaturated/α-hetero) is 1. The zero-order chi connectivity index (χ0) is 13.5. The molecular formula is C12H15ClNO3P. The second kappa shape index (κ2) is 7.47. The van der Waals surface area contributed by atoms with Crippen LogP contribution in [-0.2, 0) is 14.1 Å². The standard InChI is InChI=1S/C12H15ClNO3P/c1-8(15)10-2-3-11(12(16)17-18-14)7-9(6-10)4-5-13/h2-3,6,18H,4-5,7,14H2,1H3. The van der Waals surface area contributed by atoms with E-state index in [1.54, 1.807) is 18.2 Å². The van der Waals surface area contributed by atoms with Crippen molar-refractivity contribution in [3.8, 4) is 0 Å². The molecule has 2 N–H and O–H groups in total. The number of hydrogen-bond acceptors (Lipinski definition) is 4. The van der Waals surface area contributed by atoms with Crippen LogP contribution in [0.4, 0.5) is 0 Å². The molecule has 1 aliphatic carbocycles. The Bertz CT molecular complexity index is 441. The van der Waals surface area contributed by atoms with Gasteiger partial charge >= 0.3 is 5.97 Å². The third-order valence-electron chi connectivity index (χ3n) is 2.48. The maximum Gasteiger partial charge on any atom is 0.338 e. The fourth-order valence-corrected chi connectivity index (χ4v) is 2.05. The van der Waals surface area contributed by atoms with Crippen molar-refractivity contribution < 1.29 is 14.1 Å². The highest BCUT2D eigenvalue weighted by Crippen LogP contribution is 2.23. The number of alkyl halides is 1. The zero-order valence-corrected chi connectivity index (χ0v) is 11.8. The van der Waals surface area contributed by atoms with Gasteiger partial charge in [0.15, 0.2) is 5.78 Å². The lowest BCUT2D eigenvalue weighted by molar-refractivity contribution is -0.129. The summed E-state index contributed by atoms with van der Waals surface area (Å²) in [6, 6.07) is 0. The molecule has 1 aliphatic rings. The largest absolute Gasteiger partial charge is 0.428 e. The van der Waals surface area contributed by atoms with Crippen molar-refractivity contribution in [1.29, 1.82) is 0 Å². The topological polar surface area (TPSA) is 69.4 Å². The minimum Gasteiger partial charge on any atom is -0.428 e.